The maximum atomic E-state index is 11.8. The van der Waals surface area contributed by atoms with E-state index in [1.807, 2.05) is 30.5 Å². The molecular formula is C13H12ClN3O. The number of benzene rings is 1. The number of anilines is 2. The summed E-state index contributed by atoms with van der Waals surface area (Å²) in [5.41, 5.74) is 3.38. The van der Waals surface area contributed by atoms with E-state index in [0.717, 1.165) is 23.5 Å². The molecular weight excluding hydrogens is 250 g/mol. The van der Waals surface area contributed by atoms with Crippen LogP contribution in [-0.2, 0) is 6.42 Å². The third-order valence-corrected chi connectivity index (χ3v) is 3.22. The molecule has 92 valence electrons. The summed E-state index contributed by atoms with van der Waals surface area (Å²) in [6.07, 6.45) is 2.66. The molecule has 0 aliphatic carbocycles. The van der Waals surface area contributed by atoms with Crippen molar-refractivity contribution in [1.82, 2.24) is 10.3 Å². The number of carbonyl (C=O) groups is 1. The molecule has 0 saturated carbocycles. The molecule has 2 heterocycles. The molecule has 0 atom stereocenters. The molecule has 5 heteroatoms. The van der Waals surface area contributed by atoms with Crippen LogP contribution in [0.3, 0.4) is 0 Å². The van der Waals surface area contributed by atoms with E-state index in [2.05, 4.69) is 15.6 Å². The summed E-state index contributed by atoms with van der Waals surface area (Å²) in [5.74, 6) is -0.0334. The van der Waals surface area contributed by atoms with E-state index in [0.29, 0.717) is 17.1 Å². The van der Waals surface area contributed by atoms with Gasteiger partial charge in [0.15, 0.2) is 0 Å². The predicted molar refractivity (Wildman–Crippen MR) is 71.6 cm³/mol. The van der Waals surface area contributed by atoms with E-state index in [4.69, 9.17) is 11.6 Å². The summed E-state index contributed by atoms with van der Waals surface area (Å²) in [5, 5.41) is 6.75. The van der Waals surface area contributed by atoms with Crippen molar-refractivity contribution in [2.24, 2.45) is 0 Å². The summed E-state index contributed by atoms with van der Waals surface area (Å²) in [6.45, 7) is 0.687. The van der Waals surface area contributed by atoms with E-state index in [1.54, 1.807) is 0 Å². The van der Waals surface area contributed by atoms with Crippen molar-refractivity contribution in [2.45, 2.75) is 6.42 Å². The van der Waals surface area contributed by atoms with E-state index in [9.17, 15) is 4.79 Å². The predicted octanol–water partition coefficient (Wildman–Crippen LogP) is 2.70. The van der Waals surface area contributed by atoms with Crippen LogP contribution in [0, 0.1) is 0 Å². The Balaban J connectivity index is 1.91. The van der Waals surface area contributed by atoms with Gasteiger partial charge in [0, 0.05) is 35.6 Å². The molecule has 18 heavy (non-hydrogen) atoms. The van der Waals surface area contributed by atoms with Crippen molar-refractivity contribution in [3.8, 4) is 0 Å². The average molecular weight is 262 g/mol. The lowest BCUT2D eigenvalue weighted by Gasteiger charge is -2.14. The van der Waals surface area contributed by atoms with Gasteiger partial charge in [-0.3, -0.25) is 4.79 Å². The zero-order valence-corrected chi connectivity index (χ0v) is 10.3. The molecule has 2 aromatic rings. The van der Waals surface area contributed by atoms with Crippen LogP contribution in [0.25, 0.3) is 0 Å². The summed E-state index contributed by atoms with van der Waals surface area (Å²) in [6, 6.07) is 7.37. The largest absolute Gasteiger partial charge is 0.362 e. The van der Waals surface area contributed by atoms with Crippen LogP contribution in [0.5, 0.6) is 0 Å². The molecule has 1 aromatic heterocycles. The number of nitrogens with one attached hydrogen (secondary N) is 3. The normalized spacial score (nSPS) is 13.9. The summed E-state index contributed by atoms with van der Waals surface area (Å²) in [4.78, 5) is 15.0. The van der Waals surface area contributed by atoms with Gasteiger partial charge in [-0.1, -0.05) is 11.6 Å². The van der Waals surface area contributed by atoms with Gasteiger partial charge in [0.1, 0.15) is 0 Å². The first kappa shape index (κ1) is 11.2. The van der Waals surface area contributed by atoms with E-state index in [1.165, 1.54) is 0 Å². The molecule has 0 unspecified atom stereocenters. The third-order valence-electron chi connectivity index (χ3n) is 2.97. The maximum Gasteiger partial charge on any atom is 0.255 e. The van der Waals surface area contributed by atoms with Crippen molar-refractivity contribution < 1.29 is 4.79 Å². The van der Waals surface area contributed by atoms with Gasteiger partial charge in [0.05, 0.1) is 11.3 Å². The monoisotopic (exact) mass is 261 g/mol. The first-order valence-electron chi connectivity index (χ1n) is 5.75. The van der Waals surface area contributed by atoms with E-state index >= 15 is 0 Å². The quantitative estimate of drug-likeness (QED) is 0.779. The van der Waals surface area contributed by atoms with Gasteiger partial charge < -0.3 is 15.6 Å². The minimum absolute atomic E-state index is 0.0334. The second-order valence-electron chi connectivity index (χ2n) is 4.19. The number of aromatic amines is 1. The van der Waals surface area contributed by atoms with Crippen molar-refractivity contribution in [3.05, 3.63) is 46.7 Å². The summed E-state index contributed by atoms with van der Waals surface area (Å²) >= 11 is 5.83. The highest BCUT2D eigenvalue weighted by Crippen LogP contribution is 2.26. The minimum atomic E-state index is -0.0334. The summed E-state index contributed by atoms with van der Waals surface area (Å²) in [7, 11) is 0. The van der Waals surface area contributed by atoms with Crippen LogP contribution in [0.2, 0.25) is 5.02 Å². The lowest BCUT2D eigenvalue weighted by Crippen LogP contribution is -2.31. The Morgan fingerprint density at radius 1 is 1.22 bits per heavy atom. The van der Waals surface area contributed by atoms with E-state index < -0.39 is 0 Å². The number of aromatic nitrogens is 1. The van der Waals surface area contributed by atoms with Crippen molar-refractivity contribution in [1.29, 1.82) is 0 Å². The number of halogens is 1. The lowest BCUT2D eigenvalue weighted by molar-refractivity contribution is 0.0947. The lowest BCUT2D eigenvalue weighted by atomic mass is 10.1. The number of rotatable bonds is 2. The fraction of sp³-hybridized carbons (Fsp3) is 0.154. The standard InChI is InChI=1S/C13H12ClN3O/c14-8-1-3-9(4-2-8)17-11-7-16-10-5-6-15-13(18)12(10)11/h1-4,7,16-17H,5-6H2,(H,15,18). The molecule has 0 spiro atoms. The Hall–Kier alpha value is -1.94. The van der Waals surface area contributed by atoms with Gasteiger partial charge in [0.25, 0.3) is 5.91 Å². The van der Waals surface area contributed by atoms with Crippen LogP contribution < -0.4 is 10.6 Å². The molecule has 1 aliphatic rings. The zero-order chi connectivity index (χ0) is 12.5. The van der Waals surface area contributed by atoms with Gasteiger partial charge in [-0.15, -0.1) is 0 Å². The topological polar surface area (TPSA) is 56.9 Å². The molecule has 0 fully saturated rings. The van der Waals surface area contributed by atoms with Crippen molar-refractivity contribution in [2.75, 3.05) is 11.9 Å². The Morgan fingerprint density at radius 2 is 2.00 bits per heavy atom. The smallest absolute Gasteiger partial charge is 0.255 e. The number of hydrogen-bond donors (Lipinski definition) is 3. The number of fused-ring (bicyclic) bond motifs is 1. The number of carbonyl (C=O) groups excluding carboxylic acids is 1. The summed E-state index contributed by atoms with van der Waals surface area (Å²) < 4.78 is 0. The molecule has 4 nitrogen and oxygen atoms in total. The Kier molecular flexibility index (Phi) is 2.72. The Morgan fingerprint density at radius 3 is 2.78 bits per heavy atom. The van der Waals surface area contributed by atoms with Gasteiger partial charge in [-0.25, -0.2) is 0 Å². The molecule has 0 radical (unpaired) electrons. The van der Waals surface area contributed by atoms with Gasteiger partial charge in [-0.05, 0) is 24.3 Å². The minimum Gasteiger partial charge on any atom is -0.362 e. The highest BCUT2D eigenvalue weighted by Gasteiger charge is 2.22. The number of H-pyrrole nitrogens is 1. The zero-order valence-electron chi connectivity index (χ0n) is 9.59. The van der Waals surface area contributed by atoms with Crippen molar-refractivity contribution >= 4 is 28.9 Å². The van der Waals surface area contributed by atoms with Crippen LogP contribution in [0.1, 0.15) is 16.1 Å². The van der Waals surface area contributed by atoms with Gasteiger partial charge in [-0.2, -0.15) is 0 Å². The average Bonchev–Trinajstić information content (AvgIpc) is 2.77. The molecule has 1 aliphatic heterocycles. The highest BCUT2D eigenvalue weighted by molar-refractivity contribution is 6.30. The molecule has 0 saturated heterocycles. The number of amides is 1. The second-order valence-corrected chi connectivity index (χ2v) is 4.63. The number of hydrogen-bond acceptors (Lipinski definition) is 2. The fourth-order valence-electron chi connectivity index (χ4n) is 2.10. The van der Waals surface area contributed by atoms with Crippen LogP contribution >= 0.6 is 11.6 Å². The molecule has 1 amide bonds. The molecule has 3 N–H and O–H groups in total. The van der Waals surface area contributed by atoms with Crippen LogP contribution in [-0.4, -0.2) is 17.4 Å². The maximum absolute atomic E-state index is 11.8. The SMILES string of the molecule is O=C1NCCc2[nH]cc(Nc3ccc(Cl)cc3)c21. The van der Waals surface area contributed by atoms with Crippen LogP contribution in [0.15, 0.2) is 30.5 Å². The van der Waals surface area contributed by atoms with Crippen LogP contribution in [0.4, 0.5) is 11.4 Å². The highest BCUT2D eigenvalue weighted by atomic mass is 35.5. The second kappa shape index (κ2) is 4.38. The molecule has 0 bridgehead atoms. The first-order valence-corrected chi connectivity index (χ1v) is 6.13. The van der Waals surface area contributed by atoms with E-state index in [-0.39, 0.29) is 5.91 Å². The third kappa shape index (κ3) is 1.95. The molecule has 1 aromatic carbocycles. The Labute approximate surface area is 109 Å². The van der Waals surface area contributed by atoms with Gasteiger partial charge >= 0.3 is 0 Å². The molecule has 3 rings (SSSR count). The first-order chi connectivity index (χ1) is 8.74. The fourth-order valence-corrected chi connectivity index (χ4v) is 2.23. The van der Waals surface area contributed by atoms with Crippen molar-refractivity contribution in [3.63, 3.8) is 0 Å². The Bertz CT molecular complexity index is 589. The van der Waals surface area contributed by atoms with Gasteiger partial charge in [0.2, 0.25) is 0 Å².